The van der Waals surface area contributed by atoms with Crippen LogP contribution in [0.4, 0.5) is 30.8 Å². The first-order valence-corrected chi connectivity index (χ1v) is 9.29. The number of pyridine rings is 2. The Morgan fingerprint density at radius 1 is 0.967 bits per heavy atom. The van der Waals surface area contributed by atoms with Crippen molar-refractivity contribution in [1.82, 2.24) is 24.9 Å². The predicted octanol–water partition coefficient (Wildman–Crippen LogP) is 5.20. The summed E-state index contributed by atoms with van der Waals surface area (Å²) in [5.74, 6) is 0.504. The third kappa shape index (κ3) is 5.99. The molecule has 0 spiro atoms. The minimum atomic E-state index is -4.51. The maximum absolute atomic E-state index is 13.0. The molecule has 0 saturated heterocycles. The molecule has 0 aliphatic carbocycles. The molecule has 30 heavy (non-hydrogen) atoms. The van der Waals surface area contributed by atoms with Crippen LogP contribution in [0.5, 0.6) is 0 Å². The first-order valence-electron chi connectivity index (χ1n) is 8.92. The molecule has 0 saturated carbocycles. The highest BCUT2D eigenvalue weighted by molar-refractivity contribution is 6.29. The van der Waals surface area contributed by atoms with Gasteiger partial charge in [0.2, 0.25) is 11.9 Å². The van der Waals surface area contributed by atoms with E-state index in [1.807, 2.05) is 20.8 Å². The number of hydrogen-bond donors (Lipinski definition) is 2. The molecule has 0 radical (unpaired) electrons. The third-order valence-electron chi connectivity index (χ3n) is 3.68. The summed E-state index contributed by atoms with van der Waals surface area (Å²) < 4.78 is 38.9. The molecule has 0 bridgehead atoms. The molecular weight excluding hydrogens is 419 g/mol. The molecule has 0 aliphatic heterocycles. The number of nitrogens with one attached hydrogen (secondary N) is 2. The van der Waals surface area contributed by atoms with Crippen LogP contribution in [-0.2, 0) is 6.18 Å². The Hall–Kier alpha value is -3.01. The largest absolute Gasteiger partial charge is 0.417 e. The molecule has 0 amide bonds. The van der Waals surface area contributed by atoms with Crippen LogP contribution < -0.4 is 10.6 Å². The van der Waals surface area contributed by atoms with E-state index in [-0.39, 0.29) is 34.0 Å². The van der Waals surface area contributed by atoms with Crippen LogP contribution in [-0.4, -0.2) is 31.5 Å². The van der Waals surface area contributed by atoms with Gasteiger partial charge >= 0.3 is 6.18 Å². The van der Waals surface area contributed by atoms with E-state index in [1.165, 1.54) is 6.20 Å². The van der Waals surface area contributed by atoms with Crippen LogP contribution in [0.1, 0.15) is 26.3 Å². The summed E-state index contributed by atoms with van der Waals surface area (Å²) in [4.78, 5) is 20.7. The van der Waals surface area contributed by atoms with Crippen LogP contribution in [0.2, 0.25) is 5.15 Å². The molecule has 2 N–H and O–H groups in total. The Bertz CT molecular complexity index is 1040. The highest BCUT2D eigenvalue weighted by Gasteiger charge is 2.31. The van der Waals surface area contributed by atoms with Gasteiger partial charge in [0.1, 0.15) is 10.8 Å². The van der Waals surface area contributed by atoms with Crippen LogP contribution in [0.15, 0.2) is 36.7 Å². The van der Waals surface area contributed by atoms with Gasteiger partial charge in [-0.3, -0.25) is 4.98 Å². The van der Waals surface area contributed by atoms with Gasteiger partial charge in [-0.05, 0) is 23.6 Å². The Balaban J connectivity index is 1.97. The molecule has 158 valence electrons. The molecule has 3 rings (SSSR count). The van der Waals surface area contributed by atoms with E-state index in [1.54, 1.807) is 18.2 Å². The second kappa shape index (κ2) is 8.39. The van der Waals surface area contributed by atoms with Crippen molar-refractivity contribution in [2.45, 2.75) is 26.9 Å². The van der Waals surface area contributed by atoms with Gasteiger partial charge in [0.25, 0.3) is 0 Å². The quantitative estimate of drug-likeness (QED) is 0.530. The molecule has 0 aromatic carbocycles. The van der Waals surface area contributed by atoms with Crippen molar-refractivity contribution >= 4 is 29.2 Å². The van der Waals surface area contributed by atoms with Crippen LogP contribution >= 0.6 is 11.6 Å². The van der Waals surface area contributed by atoms with Gasteiger partial charge in [0.15, 0.2) is 5.82 Å². The Kier molecular flexibility index (Phi) is 6.06. The van der Waals surface area contributed by atoms with Gasteiger partial charge in [-0.25, -0.2) is 4.98 Å². The molecule has 3 aromatic rings. The van der Waals surface area contributed by atoms with Crippen molar-refractivity contribution in [2.24, 2.45) is 5.41 Å². The highest BCUT2D eigenvalue weighted by Crippen LogP contribution is 2.30. The summed E-state index contributed by atoms with van der Waals surface area (Å²) in [6.45, 7) is 6.67. The highest BCUT2D eigenvalue weighted by atomic mass is 35.5. The molecule has 3 heterocycles. The van der Waals surface area contributed by atoms with Crippen molar-refractivity contribution in [3.63, 3.8) is 0 Å². The molecule has 11 heteroatoms. The number of aromatic nitrogens is 5. The van der Waals surface area contributed by atoms with Gasteiger partial charge in [-0.2, -0.15) is 28.1 Å². The summed E-state index contributed by atoms with van der Waals surface area (Å²) >= 11 is 5.96. The van der Waals surface area contributed by atoms with E-state index in [4.69, 9.17) is 11.6 Å². The van der Waals surface area contributed by atoms with Gasteiger partial charge in [0.05, 0.1) is 17.4 Å². The molecular formula is C19H19ClF3N7. The van der Waals surface area contributed by atoms with E-state index in [2.05, 4.69) is 35.6 Å². The van der Waals surface area contributed by atoms with E-state index < -0.39 is 11.7 Å². The average molecular weight is 438 g/mol. The second-order valence-corrected chi connectivity index (χ2v) is 8.04. The van der Waals surface area contributed by atoms with Crippen molar-refractivity contribution < 1.29 is 13.2 Å². The Morgan fingerprint density at radius 2 is 1.70 bits per heavy atom. The zero-order chi connectivity index (χ0) is 21.9. The fraction of sp³-hybridized carbons (Fsp3) is 0.316. The summed E-state index contributed by atoms with van der Waals surface area (Å²) in [5.41, 5.74) is -0.458. The van der Waals surface area contributed by atoms with Crippen molar-refractivity contribution in [2.75, 3.05) is 17.2 Å². The zero-order valence-corrected chi connectivity index (χ0v) is 17.2. The number of alkyl halides is 3. The van der Waals surface area contributed by atoms with Crippen molar-refractivity contribution in [3.8, 4) is 11.5 Å². The maximum Gasteiger partial charge on any atom is 0.417 e. The average Bonchev–Trinajstić information content (AvgIpc) is 2.65. The number of rotatable bonds is 5. The van der Waals surface area contributed by atoms with Crippen LogP contribution in [0, 0.1) is 5.41 Å². The van der Waals surface area contributed by atoms with Gasteiger partial charge in [-0.1, -0.05) is 38.4 Å². The fourth-order valence-electron chi connectivity index (χ4n) is 2.29. The lowest BCUT2D eigenvalue weighted by Gasteiger charge is -2.19. The normalized spacial score (nSPS) is 12.0. The SMILES string of the molecule is CC(C)(C)CNc1nc(Nc2cncc(C(F)(F)F)c2)nc(-c2cccc(Cl)n2)n1. The van der Waals surface area contributed by atoms with E-state index in [0.717, 1.165) is 12.3 Å². The first-order chi connectivity index (χ1) is 14.0. The van der Waals surface area contributed by atoms with Gasteiger partial charge in [-0.15, -0.1) is 0 Å². The van der Waals surface area contributed by atoms with Crippen molar-refractivity contribution in [3.05, 3.63) is 47.4 Å². The van der Waals surface area contributed by atoms with Crippen molar-refractivity contribution in [1.29, 1.82) is 0 Å². The predicted molar refractivity (Wildman–Crippen MR) is 109 cm³/mol. The number of nitrogens with zero attached hydrogens (tertiary/aromatic N) is 5. The summed E-state index contributed by atoms with van der Waals surface area (Å²) in [6.07, 6.45) is -2.52. The van der Waals surface area contributed by atoms with Crippen LogP contribution in [0.3, 0.4) is 0 Å². The minimum absolute atomic E-state index is 0.0410. The van der Waals surface area contributed by atoms with E-state index in [0.29, 0.717) is 12.2 Å². The summed E-state index contributed by atoms with van der Waals surface area (Å²) in [6, 6.07) is 5.90. The lowest BCUT2D eigenvalue weighted by molar-refractivity contribution is -0.137. The fourth-order valence-corrected chi connectivity index (χ4v) is 2.46. The van der Waals surface area contributed by atoms with Gasteiger partial charge < -0.3 is 10.6 Å². The first kappa shape index (κ1) is 21.7. The minimum Gasteiger partial charge on any atom is -0.354 e. The zero-order valence-electron chi connectivity index (χ0n) is 16.4. The molecule has 7 nitrogen and oxygen atoms in total. The van der Waals surface area contributed by atoms with Crippen LogP contribution in [0.25, 0.3) is 11.5 Å². The maximum atomic E-state index is 13.0. The molecule has 0 fully saturated rings. The Morgan fingerprint density at radius 3 is 2.37 bits per heavy atom. The number of hydrogen-bond acceptors (Lipinski definition) is 7. The topological polar surface area (TPSA) is 88.5 Å². The third-order valence-corrected chi connectivity index (χ3v) is 3.89. The summed E-state index contributed by atoms with van der Waals surface area (Å²) in [5, 5.41) is 6.12. The smallest absolute Gasteiger partial charge is 0.354 e. The number of anilines is 3. The van der Waals surface area contributed by atoms with Gasteiger partial charge in [0, 0.05) is 12.7 Å². The number of halogens is 4. The lowest BCUT2D eigenvalue weighted by atomic mass is 9.97. The second-order valence-electron chi connectivity index (χ2n) is 7.65. The molecule has 0 unspecified atom stereocenters. The lowest BCUT2D eigenvalue weighted by Crippen LogP contribution is -2.21. The molecule has 0 aliphatic rings. The standard InChI is InChI=1S/C19H19ClF3N7/c1-18(2,3)10-25-16-28-15(13-5-4-6-14(20)27-13)29-17(30-16)26-12-7-11(8-24-9-12)19(21,22)23/h4-9H,10H2,1-3H3,(H2,25,26,28,29,30). The van der Waals surface area contributed by atoms with E-state index in [9.17, 15) is 13.2 Å². The molecule has 3 aromatic heterocycles. The molecule has 0 atom stereocenters. The monoisotopic (exact) mass is 437 g/mol. The summed E-state index contributed by atoms with van der Waals surface area (Å²) in [7, 11) is 0. The Labute approximate surface area is 176 Å². The van der Waals surface area contributed by atoms with E-state index >= 15 is 0 Å².